The fourth-order valence-corrected chi connectivity index (χ4v) is 2.25. The number of carbonyl (C=O) groups is 1. The number of pyridine rings is 1. The number of methoxy groups -OCH3 is 1. The minimum atomic E-state index is -0.199. The summed E-state index contributed by atoms with van der Waals surface area (Å²) in [7, 11) is 1.39. The topological polar surface area (TPSA) is 39.2 Å². The second-order valence-electron chi connectivity index (χ2n) is 2.52. The average molecular weight is 276 g/mol. The van der Waals surface area contributed by atoms with Crippen molar-refractivity contribution in [1.82, 2.24) is 4.98 Å². The lowest BCUT2D eigenvalue weighted by Crippen LogP contribution is -2.03. The minimum absolute atomic E-state index is 0.199. The van der Waals surface area contributed by atoms with Crippen LogP contribution in [0.2, 0.25) is 0 Å². The number of halogens is 1. The van der Waals surface area contributed by atoms with Crippen molar-refractivity contribution in [1.29, 1.82) is 0 Å². The molecule has 0 aromatic carbocycles. The lowest BCUT2D eigenvalue weighted by Gasteiger charge is -2.02. The summed E-state index contributed by atoms with van der Waals surface area (Å²) < 4.78 is 5.36. The zero-order valence-corrected chi connectivity index (χ0v) is 10.1. The standard InChI is InChI=1S/C9H10BrNO2S/c1-13-8(12)6-14-5-7-3-2-4-11-9(7)10/h2-4H,5-6H2,1H3. The minimum Gasteiger partial charge on any atom is -0.468 e. The van der Waals surface area contributed by atoms with Crippen molar-refractivity contribution in [3.05, 3.63) is 28.5 Å². The zero-order valence-electron chi connectivity index (χ0n) is 7.70. The monoisotopic (exact) mass is 275 g/mol. The summed E-state index contributed by atoms with van der Waals surface area (Å²) in [6, 6.07) is 3.85. The van der Waals surface area contributed by atoms with E-state index < -0.39 is 0 Å². The van der Waals surface area contributed by atoms with Crippen LogP contribution in [-0.2, 0) is 15.3 Å². The molecule has 0 aliphatic carbocycles. The Labute approximate surface area is 95.4 Å². The van der Waals surface area contributed by atoms with Gasteiger partial charge >= 0.3 is 5.97 Å². The maximum absolute atomic E-state index is 10.8. The van der Waals surface area contributed by atoms with Crippen LogP contribution in [0.1, 0.15) is 5.56 Å². The second kappa shape index (κ2) is 6.03. The molecular weight excluding hydrogens is 266 g/mol. The van der Waals surface area contributed by atoms with Crippen LogP contribution in [-0.4, -0.2) is 23.8 Å². The number of thioether (sulfide) groups is 1. The van der Waals surface area contributed by atoms with E-state index in [1.807, 2.05) is 12.1 Å². The molecule has 0 saturated heterocycles. The first-order valence-electron chi connectivity index (χ1n) is 3.98. The molecule has 0 radical (unpaired) electrons. The predicted octanol–water partition coefficient (Wildman–Crippen LogP) is 2.25. The van der Waals surface area contributed by atoms with E-state index in [1.165, 1.54) is 18.9 Å². The Morgan fingerprint density at radius 3 is 3.14 bits per heavy atom. The van der Waals surface area contributed by atoms with Gasteiger partial charge in [-0.25, -0.2) is 4.98 Å². The van der Waals surface area contributed by atoms with E-state index in [1.54, 1.807) is 6.20 Å². The van der Waals surface area contributed by atoms with Crippen molar-refractivity contribution in [3.8, 4) is 0 Å². The largest absolute Gasteiger partial charge is 0.468 e. The molecule has 14 heavy (non-hydrogen) atoms. The third-order valence-electron chi connectivity index (χ3n) is 1.54. The third kappa shape index (κ3) is 3.67. The Hall–Kier alpha value is -0.550. The van der Waals surface area contributed by atoms with Crippen molar-refractivity contribution >= 4 is 33.7 Å². The number of rotatable bonds is 4. The third-order valence-corrected chi connectivity index (χ3v) is 3.21. The van der Waals surface area contributed by atoms with Gasteiger partial charge in [-0.15, -0.1) is 11.8 Å². The molecule has 0 aliphatic heterocycles. The molecule has 0 saturated carbocycles. The summed E-state index contributed by atoms with van der Waals surface area (Å²) >= 11 is 4.85. The molecule has 0 amide bonds. The quantitative estimate of drug-likeness (QED) is 0.624. The maximum atomic E-state index is 10.8. The first-order valence-corrected chi connectivity index (χ1v) is 5.92. The normalized spacial score (nSPS) is 9.86. The van der Waals surface area contributed by atoms with Crippen LogP contribution in [0.5, 0.6) is 0 Å². The van der Waals surface area contributed by atoms with Gasteiger partial charge in [0, 0.05) is 11.9 Å². The van der Waals surface area contributed by atoms with Crippen LogP contribution < -0.4 is 0 Å². The van der Waals surface area contributed by atoms with E-state index in [4.69, 9.17) is 0 Å². The molecular formula is C9H10BrNO2S. The molecule has 5 heteroatoms. The van der Waals surface area contributed by atoms with E-state index in [0.29, 0.717) is 5.75 Å². The van der Waals surface area contributed by atoms with E-state index in [0.717, 1.165) is 15.9 Å². The molecule has 0 atom stereocenters. The smallest absolute Gasteiger partial charge is 0.315 e. The number of ether oxygens (including phenoxy) is 1. The van der Waals surface area contributed by atoms with Crippen LogP contribution in [0, 0.1) is 0 Å². The summed E-state index contributed by atoms with van der Waals surface area (Å²) in [5.41, 5.74) is 1.08. The number of carbonyl (C=O) groups excluding carboxylic acids is 1. The molecule has 0 aliphatic rings. The fourth-order valence-electron chi connectivity index (χ4n) is 0.830. The van der Waals surface area contributed by atoms with Crippen molar-refractivity contribution in [2.24, 2.45) is 0 Å². The molecule has 0 unspecified atom stereocenters. The Balaban J connectivity index is 2.39. The molecule has 1 rings (SSSR count). The molecule has 0 N–H and O–H groups in total. The van der Waals surface area contributed by atoms with Gasteiger partial charge in [0.2, 0.25) is 0 Å². The molecule has 76 valence electrons. The lowest BCUT2D eigenvalue weighted by atomic mass is 10.3. The number of esters is 1. The fraction of sp³-hybridized carbons (Fsp3) is 0.333. The maximum Gasteiger partial charge on any atom is 0.315 e. The highest BCUT2D eigenvalue weighted by atomic mass is 79.9. The summed E-state index contributed by atoms with van der Waals surface area (Å²) in [6.07, 6.45) is 1.72. The highest BCUT2D eigenvalue weighted by molar-refractivity contribution is 9.10. The van der Waals surface area contributed by atoms with Crippen LogP contribution in [0.3, 0.4) is 0 Å². The second-order valence-corrected chi connectivity index (χ2v) is 4.26. The molecule has 0 spiro atoms. The summed E-state index contributed by atoms with van der Waals surface area (Å²) in [4.78, 5) is 14.9. The van der Waals surface area contributed by atoms with Crippen molar-refractivity contribution in [2.75, 3.05) is 12.9 Å². The van der Waals surface area contributed by atoms with Crippen LogP contribution in [0.4, 0.5) is 0 Å². The van der Waals surface area contributed by atoms with Crippen molar-refractivity contribution < 1.29 is 9.53 Å². The van der Waals surface area contributed by atoms with Gasteiger partial charge in [-0.1, -0.05) is 6.07 Å². The number of aromatic nitrogens is 1. The molecule has 1 heterocycles. The summed E-state index contributed by atoms with van der Waals surface area (Å²) in [5.74, 6) is 0.927. The van der Waals surface area contributed by atoms with E-state index in [-0.39, 0.29) is 5.97 Å². The first-order chi connectivity index (χ1) is 6.74. The molecule has 1 aromatic heterocycles. The van der Waals surface area contributed by atoms with Gasteiger partial charge in [0.25, 0.3) is 0 Å². The van der Waals surface area contributed by atoms with Gasteiger partial charge in [-0.3, -0.25) is 4.79 Å². The highest BCUT2D eigenvalue weighted by Gasteiger charge is 2.03. The van der Waals surface area contributed by atoms with E-state index >= 15 is 0 Å². The van der Waals surface area contributed by atoms with Crippen LogP contribution >= 0.6 is 27.7 Å². The molecule has 1 aromatic rings. The highest BCUT2D eigenvalue weighted by Crippen LogP contribution is 2.18. The number of hydrogen-bond donors (Lipinski definition) is 0. The molecule has 0 bridgehead atoms. The summed E-state index contributed by atoms with van der Waals surface area (Å²) in [6.45, 7) is 0. The molecule has 3 nitrogen and oxygen atoms in total. The predicted molar refractivity (Wildman–Crippen MR) is 60.1 cm³/mol. The first kappa shape index (κ1) is 11.5. The van der Waals surface area contributed by atoms with Crippen molar-refractivity contribution in [3.63, 3.8) is 0 Å². The van der Waals surface area contributed by atoms with Gasteiger partial charge < -0.3 is 4.74 Å². The van der Waals surface area contributed by atoms with Gasteiger partial charge in [-0.05, 0) is 27.6 Å². The summed E-state index contributed by atoms with van der Waals surface area (Å²) in [5, 5.41) is 0. The van der Waals surface area contributed by atoms with Gasteiger partial charge in [-0.2, -0.15) is 0 Å². The van der Waals surface area contributed by atoms with E-state index in [2.05, 4.69) is 25.7 Å². The van der Waals surface area contributed by atoms with Gasteiger partial charge in [0.05, 0.1) is 12.9 Å². The Bertz CT molecular complexity index is 319. The van der Waals surface area contributed by atoms with E-state index in [9.17, 15) is 4.79 Å². The zero-order chi connectivity index (χ0) is 10.4. The Morgan fingerprint density at radius 1 is 1.71 bits per heavy atom. The number of hydrogen-bond acceptors (Lipinski definition) is 4. The van der Waals surface area contributed by atoms with Crippen LogP contribution in [0.15, 0.2) is 22.9 Å². The Morgan fingerprint density at radius 2 is 2.50 bits per heavy atom. The SMILES string of the molecule is COC(=O)CSCc1cccnc1Br. The lowest BCUT2D eigenvalue weighted by molar-refractivity contribution is -0.137. The average Bonchev–Trinajstić information content (AvgIpc) is 2.20. The Kier molecular flexibility index (Phi) is 4.97. The molecule has 0 fully saturated rings. The van der Waals surface area contributed by atoms with Gasteiger partial charge in [0.15, 0.2) is 0 Å². The van der Waals surface area contributed by atoms with Crippen molar-refractivity contribution in [2.45, 2.75) is 5.75 Å². The van der Waals surface area contributed by atoms with Crippen LogP contribution in [0.25, 0.3) is 0 Å². The number of nitrogens with zero attached hydrogens (tertiary/aromatic N) is 1. The van der Waals surface area contributed by atoms with Gasteiger partial charge in [0.1, 0.15) is 4.60 Å².